The van der Waals surface area contributed by atoms with Gasteiger partial charge in [0.2, 0.25) is 0 Å². The molecule has 2 unspecified atom stereocenters. The van der Waals surface area contributed by atoms with Gasteiger partial charge >= 0.3 is 6.09 Å². The third kappa shape index (κ3) is 4.44. The zero-order valence-corrected chi connectivity index (χ0v) is 11.5. The van der Waals surface area contributed by atoms with Gasteiger partial charge in [-0.15, -0.1) is 0 Å². The van der Waals surface area contributed by atoms with Gasteiger partial charge in [0.25, 0.3) is 0 Å². The lowest BCUT2D eigenvalue weighted by Gasteiger charge is -2.30. The smallest absolute Gasteiger partial charge is 0.412 e. The van der Waals surface area contributed by atoms with Crippen LogP contribution in [0.15, 0.2) is 0 Å². The Morgan fingerprint density at radius 1 is 1.56 bits per heavy atom. The Kier molecular flexibility index (Phi) is 4.58. The van der Waals surface area contributed by atoms with Gasteiger partial charge in [0.1, 0.15) is 5.60 Å². The van der Waals surface area contributed by atoms with Crippen molar-refractivity contribution in [2.45, 2.75) is 51.5 Å². The van der Waals surface area contributed by atoms with Crippen LogP contribution in [0.1, 0.15) is 34.1 Å². The van der Waals surface area contributed by atoms with Crippen molar-refractivity contribution in [1.29, 1.82) is 0 Å². The molecule has 1 rings (SSSR count). The highest BCUT2D eigenvalue weighted by Crippen LogP contribution is 2.21. The quantitative estimate of drug-likeness (QED) is 0.727. The molecule has 6 nitrogen and oxygen atoms in total. The summed E-state index contributed by atoms with van der Waals surface area (Å²) in [7, 11) is 0. The molecular weight excluding hydrogens is 238 g/mol. The summed E-state index contributed by atoms with van der Waals surface area (Å²) >= 11 is 0. The number of hydrogen-bond donors (Lipinski definition) is 2. The van der Waals surface area contributed by atoms with Crippen molar-refractivity contribution in [1.82, 2.24) is 4.90 Å². The number of hydrogen-bond acceptors (Lipinski definition) is 5. The summed E-state index contributed by atoms with van der Waals surface area (Å²) in [6, 6.07) is 0. The van der Waals surface area contributed by atoms with E-state index in [2.05, 4.69) is 0 Å². The Labute approximate surface area is 107 Å². The van der Waals surface area contributed by atoms with Crippen LogP contribution in [-0.2, 0) is 9.47 Å². The predicted molar refractivity (Wildman–Crippen MR) is 65.0 cm³/mol. The Bertz CT molecular complexity index is 297. The normalized spacial score (nSPS) is 29.9. The Morgan fingerprint density at radius 2 is 2.17 bits per heavy atom. The van der Waals surface area contributed by atoms with E-state index in [0.717, 1.165) is 0 Å². The average molecular weight is 261 g/mol. The molecule has 0 aromatic rings. The highest BCUT2D eigenvalue weighted by molar-refractivity contribution is 5.68. The average Bonchev–Trinajstić information content (AvgIpc) is 2.34. The van der Waals surface area contributed by atoms with E-state index in [1.165, 1.54) is 4.90 Å². The number of nitrogens with zero attached hydrogens (tertiary/aromatic N) is 1. The third-order valence-corrected chi connectivity index (χ3v) is 2.61. The minimum atomic E-state index is -0.996. The molecule has 6 heteroatoms. The molecule has 1 heterocycles. The largest absolute Gasteiger partial charge is 0.444 e. The van der Waals surface area contributed by atoms with E-state index >= 15 is 0 Å². The van der Waals surface area contributed by atoms with E-state index in [1.54, 1.807) is 27.7 Å². The van der Waals surface area contributed by atoms with Gasteiger partial charge in [-0.1, -0.05) is 0 Å². The van der Waals surface area contributed by atoms with Crippen LogP contribution in [0.2, 0.25) is 0 Å². The molecule has 18 heavy (non-hydrogen) atoms. The van der Waals surface area contributed by atoms with Crippen LogP contribution in [-0.4, -0.2) is 58.4 Å². The van der Waals surface area contributed by atoms with Crippen molar-refractivity contribution in [3.63, 3.8) is 0 Å². The summed E-state index contributed by atoms with van der Waals surface area (Å²) in [4.78, 5) is 13.3. The van der Waals surface area contributed by atoms with E-state index in [9.17, 15) is 15.0 Å². The number of aliphatic hydroxyl groups is 2. The van der Waals surface area contributed by atoms with Crippen LogP contribution in [0, 0.1) is 0 Å². The molecule has 0 aromatic carbocycles. The zero-order chi connectivity index (χ0) is 14.0. The summed E-state index contributed by atoms with van der Waals surface area (Å²) in [5.41, 5.74) is -1.60. The SMILES string of the molecule is CC1(O)CCN(C(=O)OC(C)(C)C)C(CO)OC1. The van der Waals surface area contributed by atoms with Gasteiger partial charge in [-0.25, -0.2) is 4.79 Å². The topological polar surface area (TPSA) is 79.2 Å². The van der Waals surface area contributed by atoms with Gasteiger partial charge in [0.15, 0.2) is 6.23 Å². The molecule has 0 radical (unpaired) electrons. The Hall–Kier alpha value is -0.850. The van der Waals surface area contributed by atoms with Crippen LogP contribution in [0.5, 0.6) is 0 Å². The second-order valence-electron chi connectivity index (χ2n) is 5.87. The highest BCUT2D eigenvalue weighted by Gasteiger charge is 2.35. The van der Waals surface area contributed by atoms with E-state index in [4.69, 9.17) is 9.47 Å². The summed E-state index contributed by atoms with van der Waals surface area (Å²) in [5.74, 6) is 0. The number of rotatable bonds is 1. The zero-order valence-electron chi connectivity index (χ0n) is 11.5. The number of ether oxygens (including phenoxy) is 2. The van der Waals surface area contributed by atoms with Crippen molar-refractivity contribution in [3.8, 4) is 0 Å². The monoisotopic (exact) mass is 261 g/mol. The fourth-order valence-corrected chi connectivity index (χ4v) is 1.62. The highest BCUT2D eigenvalue weighted by atomic mass is 16.6. The van der Waals surface area contributed by atoms with Crippen LogP contribution in [0.4, 0.5) is 4.79 Å². The van der Waals surface area contributed by atoms with Gasteiger partial charge in [-0.3, -0.25) is 4.90 Å². The van der Waals surface area contributed by atoms with Gasteiger partial charge in [0, 0.05) is 6.54 Å². The molecular formula is C12H23NO5. The molecule has 0 bridgehead atoms. The first-order chi connectivity index (χ1) is 8.14. The van der Waals surface area contributed by atoms with Gasteiger partial charge in [-0.2, -0.15) is 0 Å². The third-order valence-electron chi connectivity index (χ3n) is 2.61. The maximum atomic E-state index is 12.0. The van der Waals surface area contributed by atoms with Crippen LogP contribution in [0.25, 0.3) is 0 Å². The fraction of sp³-hybridized carbons (Fsp3) is 0.917. The minimum Gasteiger partial charge on any atom is -0.444 e. The number of amides is 1. The number of aliphatic hydroxyl groups excluding tert-OH is 1. The second kappa shape index (κ2) is 5.42. The lowest BCUT2D eigenvalue weighted by molar-refractivity contribution is -0.103. The second-order valence-corrected chi connectivity index (χ2v) is 5.87. The van der Waals surface area contributed by atoms with Crippen LogP contribution < -0.4 is 0 Å². The van der Waals surface area contributed by atoms with Gasteiger partial charge in [-0.05, 0) is 34.1 Å². The number of carbonyl (C=O) groups is 1. The molecule has 1 aliphatic heterocycles. The molecule has 0 aromatic heterocycles. The predicted octanol–water partition coefficient (Wildman–Crippen LogP) is 0.713. The molecule has 2 N–H and O–H groups in total. The molecule has 0 aliphatic carbocycles. The first-order valence-electron chi connectivity index (χ1n) is 6.09. The van der Waals surface area contributed by atoms with Crippen LogP contribution >= 0.6 is 0 Å². The minimum absolute atomic E-state index is 0.0809. The van der Waals surface area contributed by atoms with Crippen molar-refractivity contribution >= 4 is 6.09 Å². The molecule has 1 aliphatic rings. The first kappa shape index (κ1) is 15.2. The number of carbonyl (C=O) groups excluding carboxylic acids is 1. The van der Waals surface area contributed by atoms with Crippen molar-refractivity contribution in [2.24, 2.45) is 0 Å². The summed E-state index contributed by atoms with van der Waals surface area (Å²) in [6.45, 7) is 7.00. The van der Waals surface area contributed by atoms with Crippen molar-refractivity contribution in [3.05, 3.63) is 0 Å². The summed E-state index contributed by atoms with van der Waals surface area (Å²) < 4.78 is 10.6. The molecule has 1 fully saturated rings. The first-order valence-corrected chi connectivity index (χ1v) is 6.09. The van der Waals surface area contributed by atoms with Gasteiger partial charge < -0.3 is 19.7 Å². The lowest BCUT2D eigenvalue weighted by atomic mass is 10.0. The summed E-state index contributed by atoms with van der Waals surface area (Å²) in [6.07, 6.45) is -0.934. The Morgan fingerprint density at radius 3 is 2.67 bits per heavy atom. The van der Waals surface area contributed by atoms with Crippen molar-refractivity contribution < 1.29 is 24.5 Å². The molecule has 2 atom stereocenters. The summed E-state index contributed by atoms with van der Waals surface area (Å²) in [5, 5.41) is 19.2. The van der Waals surface area contributed by atoms with E-state index in [0.29, 0.717) is 6.42 Å². The van der Waals surface area contributed by atoms with E-state index in [-0.39, 0.29) is 19.8 Å². The maximum Gasteiger partial charge on any atom is 0.412 e. The van der Waals surface area contributed by atoms with Crippen molar-refractivity contribution in [2.75, 3.05) is 19.8 Å². The lowest BCUT2D eigenvalue weighted by Crippen LogP contribution is -2.45. The van der Waals surface area contributed by atoms with E-state index in [1.807, 2.05) is 0 Å². The van der Waals surface area contributed by atoms with E-state index < -0.39 is 23.5 Å². The maximum absolute atomic E-state index is 12.0. The standard InChI is InChI=1S/C12H23NO5/c1-11(2,3)18-10(15)13-6-5-12(4,16)8-17-9(13)7-14/h9,14,16H,5-8H2,1-4H3. The molecule has 1 saturated heterocycles. The molecule has 0 saturated carbocycles. The Balaban J connectivity index is 2.74. The van der Waals surface area contributed by atoms with Crippen LogP contribution in [0.3, 0.4) is 0 Å². The fourth-order valence-electron chi connectivity index (χ4n) is 1.62. The molecule has 106 valence electrons. The van der Waals surface area contributed by atoms with Gasteiger partial charge in [0.05, 0.1) is 18.8 Å². The molecule has 0 spiro atoms. The molecule has 1 amide bonds.